The van der Waals surface area contributed by atoms with E-state index in [-0.39, 0.29) is 11.9 Å². The maximum atomic E-state index is 10.7. The summed E-state index contributed by atoms with van der Waals surface area (Å²) in [5, 5.41) is 8.37. The predicted molar refractivity (Wildman–Crippen MR) is 72.5 cm³/mol. The molecule has 0 fully saturated rings. The van der Waals surface area contributed by atoms with Gasteiger partial charge in [0.25, 0.3) is 0 Å². The van der Waals surface area contributed by atoms with E-state index in [1.165, 1.54) is 0 Å². The largest absolute Gasteiger partial charge is 0.481 e. The van der Waals surface area contributed by atoms with E-state index in [2.05, 4.69) is 6.92 Å². The first kappa shape index (κ1) is 19.3. The summed E-state index contributed by atoms with van der Waals surface area (Å²) < 4.78 is 4.75. The van der Waals surface area contributed by atoms with Crippen LogP contribution in [0.1, 0.15) is 66.2 Å². The maximum absolute atomic E-state index is 10.7. The first-order chi connectivity index (χ1) is 8.53. The van der Waals surface area contributed by atoms with Crippen molar-refractivity contribution in [2.75, 3.05) is 6.61 Å². The van der Waals surface area contributed by atoms with Crippen molar-refractivity contribution < 1.29 is 19.4 Å². The molecular formula is C14H28O4. The van der Waals surface area contributed by atoms with Gasteiger partial charge in [0, 0.05) is 6.42 Å². The Balaban J connectivity index is 0. The second kappa shape index (κ2) is 14.0. The Morgan fingerprint density at radius 3 is 1.89 bits per heavy atom. The normalized spacial score (nSPS) is 9.61. The molecule has 0 aromatic carbocycles. The number of carboxylic acids is 1. The number of rotatable bonds is 8. The van der Waals surface area contributed by atoms with E-state index < -0.39 is 5.97 Å². The third-order valence-corrected chi connectivity index (χ3v) is 2.62. The molecule has 18 heavy (non-hydrogen) atoms. The van der Waals surface area contributed by atoms with Crippen LogP contribution >= 0.6 is 0 Å². The lowest BCUT2D eigenvalue weighted by Gasteiger charge is -2.02. The van der Waals surface area contributed by atoms with Gasteiger partial charge in [0.15, 0.2) is 0 Å². The first-order valence-electron chi connectivity index (χ1n) is 6.91. The molecule has 0 saturated carbocycles. The fourth-order valence-electron chi connectivity index (χ4n) is 1.39. The minimum atomic E-state index is -0.671. The van der Waals surface area contributed by atoms with Crippen LogP contribution in [0, 0.1) is 5.92 Å². The zero-order chi connectivity index (χ0) is 14.4. The molecule has 4 heteroatoms. The van der Waals surface area contributed by atoms with Crippen molar-refractivity contribution in [2.45, 2.75) is 66.2 Å². The van der Waals surface area contributed by atoms with Crippen LogP contribution in [0.15, 0.2) is 0 Å². The number of esters is 1. The smallest absolute Gasteiger partial charge is 0.306 e. The Bertz CT molecular complexity index is 210. The van der Waals surface area contributed by atoms with Crippen molar-refractivity contribution in [3.05, 3.63) is 0 Å². The highest BCUT2D eigenvalue weighted by Crippen LogP contribution is 2.05. The van der Waals surface area contributed by atoms with Gasteiger partial charge in [-0.2, -0.15) is 0 Å². The molecule has 108 valence electrons. The minimum absolute atomic E-state index is 0.0593. The molecule has 4 nitrogen and oxygen atoms in total. The lowest BCUT2D eigenvalue weighted by molar-refractivity contribution is -0.143. The fourth-order valence-corrected chi connectivity index (χ4v) is 1.39. The van der Waals surface area contributed by atoms with Crippen LogP contribution < -0.4 is 0 Å². The standard InChI is InChI=1S/C8H16O2.C6H12O2/c1-3-5-6-7-8(9)10-4-2;1-3-5(4-2)6(7)8/h3-7H2,1-2H3;5H,3-4H2,1-2H3,(H,7,8). The van der Waals surface area contributed by atoms with Crippen molar-refractivity contribution in [1.82, 2.24) is 0 Å². The van der Waals surface area contributed by atoms with Gasteiger partial charge in [0.1, 0.15) is 0 Å². The lowest BCUT2D eigenvalue weighted by atomic mass is 10.1. The average Bonchev–Trinajstić information content (AvgIpc) is 2.31. The topological polar surface area (TPSA) is 63.6 Å². The van der Waals surface area contributed by atoms with Gasteiger partial charge in [-0.15, -0.1) is 0 Å². The van der Waals surface area contributed by atoms with E-state index in [1.807, 2.05) is 20.8 Å². The Kier molecular flexibility index (Phi) is 15.0. The molecule has 0 radical (unpaired) electrons. The maximum Gasteiger partial charge on any atom is 0.306 e. The van der Waals surface area contributed by atoms with Gasteiger partial charge >= 0.3 is 11.9 Å². The SMILES string of the molecule is CCC(CC)C(=O)O.CCCCCC(=O)OCC. The zero-order valence-corrected chi connectivity index (χ0v) is 12.2. The number of carbonyl (C=O) groups is 2. The molecular weight excluding hydrogens is 232 g/mol. The molecule has 0 atom stereocenters. The molecule has 0 saturated heterocycles. The number of hydrogen-bond donors (Lipinski definition) is 1. The molecule has 1 N–H and O–H groups in total. The zero-order valence-electron chi connectivity index (χ0n) is 12.2. The Morgan fingerprint density at radius 2 is 1.61 bits per heavy atom. The van der Waals surface area contributed by atoms with Gasteiger partial charge in [0.2, 0.25) is 0 Å². The number of carboxylic acid groups (broad SMARTS) is 1. The molecule has 0 heterocycles. The molecule has 0 rings (SSSR count). The molecule has 0 bridgehead atoms. The van der Waals surface area contributed by atoms with Crippen molar-refractivity contribution >= 4 is 11.9 Å². The Hall–Kier alpha value is -1.06. The number of ether oxygens (including phenoxy) is 1. The van der Waals surface area contributed by atoms with Crippen molar-refractivity contribution in [3.8, 4) is 0 Å². The first-order valence-corrected chi connectivity index (χ1v) is 6.91. The summed E-state index contributed by atoms with van der Waals surface area (Å²) in [5.41, 5.74) is 0. The van der Waals surface area contributed by atoms with Crippen LogP contribution in [0.2, 0.25) is 0 Å². The summed E-state index contributed by atoms with van der Waals surface area (Å²) in [7, 11) is 0. The predicted octanol–water partition coefficient (Wildman–Crippen LogP) is 3.64. The van der Waals surface area contributed by atoms with E-state index in [0.29, 0.717) is 13.0 Å². The molecule has 0 amide bonds. The molecule has 0 aliphatic carbocycles. The number of unbranched alkanes of at least 4 members (excludes halogenated alkanes) is 2. The average molecular weight is 260 g/mol. The van der Waals surface area contributed by atoms with E-state index in [4.69, 9.17) is 9.84 Å². The lowest BCUT2D eigenvalue weighted by Crippen LogP contribution is -2.10. The quantitative estimate of drug-likeness (QED) is 0.534. The van der Waals surface area contributed by atoms with Gasteiger partial charge in [-0.1, -0.05) is 33.6 Å². The van der Waals surface area contributed by atoms with Crippen LogP contribution in [0.5, 0.6) is 0 Å². The molecule has 0 spiro atoms. The van der Waals surface area contributed by atoms with Crippen LogP contribution in [0.25, 0.3) is 0 Å². The van der Waals surface area contributed by atoms with Crippen LogP contribution in [0.4, 0.5) is 0 Å². The van der Waals surface area contributed by atoms with Gasteiger partial charge in [-0.05, 0) is 26.2 Å². The van der Waals surface area contributed by atoms with Crippen LogP contribution in [0.3, 0.4) is 0 Å². The molecule has 0 unspecified atom stereocenters. The Labute approximate surface area is 111 Å². The highest BCUT2D eigenvalue weighted by atomic mass is 16.5. The summed E-state index contributed by atoms with van der Waals surface area (Å²) in [4.78, 5) is 20.9. The van der Waals surface area contributed by atoms with Gasteiger partial charge in [-0.3, -0.25) is 9.59 Å². The summed E-state index contributed by atoms with van der Waals surface area (Å²) in [6, 6.07) is 0. The highest BCUT2D eigenvalue weighted by molar-refractivity contribution is 5.69. The third-order valence-electron chi connectivity index (χ3n) is 2.62. The van der Waals surface area contributed by atoms with E-state index in [0.717, 1.165) is 32.1 Å². The third kappa shape index (κ3) is 13.0. The molecule has 0 aromatic heterocycles. The van der Waals surface area contributed by atoms with Gasteiger partial charge in [0.05, 0.1) is 12.5 Å². The van der Waals surface area contributed by atoms with Crippen LogP contribution in [-0.2, 0) is 14.3 Å². The molecule has 0 aromatic rings. The second-order valence-electron chi connectivity index (χ2n) is 4.11. The monoisotopic (exact) mass is 260 g/mol. The van der Waals surface area contributed by atoms with E-state index >= 15 is 0 Å². The number of carbonyl (C=O) groups excluding carboxylic acids is 1. The summed E-state index contributed by atoms with van der Waals surface area (Å²) >= 11 is 0. The number of aliphatic carboxylic acids is 1. The fraction of sp³-hybridized carbons (Fsp3) is 0.857. The van der Waals surface area contributed by atoms with Crippen LogP contribution in [-0.4, -0.2) is 23.7 Å². The van der Waals surface area contributed by atoms with Gasteiger partial charge < -0.3 is 9.84 Å². The van der Waals surface area contributed by atoms with Crippen molar-refractivity contribution in [1.29, 1.82) is 0 Å². The Morgan fingerprint density at radius 1 is 1.06 bits per heavy atom. The summed E-state index contributed by atoms with van der Waals surface area (Å²) in [6.45, 7) is 8.23. The second-order valence-corrected chi connectivity index (χ2v) is 4.11. The number of hydrogen-bond acceptors (Lipinski definition) is 3. The molecule has 0 aliphatic rings. The summed E-state index contributed by atoms with van der Waals surface area (Å²) in [6.07, 6.45) is 5.31. The van der Waals surface area contributed by atoms with Crippen molar-refractivity contribution in [2.24, 2.45) is 5.92 Å². The highest BCUT2D eigenvalue weighted by Gasteiger charge is 2.10. The van der Waals surface area contributed by atoms with Crippen molar-refractivity contribution in [3.63, 3.8) is 0 Å². The van der Waals surface area contributed by atoms with Gasteiger partial charge in [-0.25, -0.2) is 0 Å². The molecule has 0 aliphatic heterocycles. The minimum Gasteiger partial charge on any atom is -0.481 e. The van der Waals surface area contributed by atoms with E-state index in [1.54, 1.807) is 0 Å². The summed E-state index contributed by atoms with van der Waals surface area (Å²) in [5.74, 6) is -0.860. The van der Waals surface area contributed by atoms with E-state index in [9.17, 15) is 9.59 Å².